The molecule has 1 atom stereocenters. The topological polar surface area (TPSA) is 126 Å². The normalized spacial score (nSPS) is 12.2. The van der Waals surface area contributed by atoms with Gasteiger partial charge in [-0.1, -0.05) is 78.9 Å². The van der Waals surface area contributed by atoms with Crippen molar-refractivity contribution in [3.05, 3.63) is 117 Å². The quantitative estimate of drug-likeness (QED) is 0.283. The molecule has 0 bridgehead atoms. The molecular weight excluding hydrogens is 532 g/mol. The average Bonchev–Trinajstić information content (AvgIpc) is 3.66. The summed E-state index contributed by atoms with van der Waals surface area (Å²) in [5.74, 6) is 1.17. The maximum absolute atomic E-state index is 13.8. The highest BCUT2D eigenvalue weighted by molar-refractivity contribution is 5.80. The number of methoxy groups -OCH3 is 1. The third-order valence-electron chi connectivity index (χ3n) is 7.54. The summed E-state index contributed by atoms with van der Waals surface area (Å²) in [6.45, 7) is 4.32. The van der Waals surface area contributed by atoms with Crippen molar-refractivity contribution in [3.63, 3.8) is 0 Å². The number of aromatic nitrogens is 8. The number of imidazole rings is 1. The molecule has 212 valence electrons. The first-order chi connectivity index (χ1) is 20.5. The molecule has 1 N–H and O–H groups in total. The van der Waals surface area contributed by atoms with Crippen LogP contribution in [-0.2, 0) is 24.2 Å². The molecule has 0 saturated carbocycles. The van der Waals surface area contributed by atoms with E-state index in [1.54, 1.807) is 11.5 Å². The minimum atomic E-state index is -0.736. The van der Waals surface area contributed by atoms with E-state index in [1.165, 1.54) is 11.7 Å². The molecule has 11 nitrogen and oxygen atoms in total. The van der Waals surface area contributed by atoms with Crippen LogP contribution in [0.2, 0.25) is 0 Å². The molecule has 0 aliphatic rings. The lowest BCUT2D eigenvalue weighted by molar-refractivity contribution is 0.0530. The van der Waals surface area contributed by atoms with Gasteiger partial charge in [-0.15, -0.1) is 10.2 Å². The van der Waals surface area contributed by atoms with Crippen LogP contribution >= 0.6 is 0 Å². The average molecular weight is 563 g/mol. The fourth-order valence-electron chi connectivity index (χ4n) is 5.25. The van der Waals surface area contributed by atoms with Crippen LogP contribution in [0.15, 0.2) is 88.5 Å². The van der Waals surface area contributed by atoms with Gasteiger partial charge in [0.05, 0.1) is 0 Å². The molecule has 3 heterocycles. The van der Waals surface area contributed by atoms with Gasteiger partial charge in [0.25, 0.3) is 5.56 Å². The summed E-state index contributed by atoms with van der Waals surface area (Å²) < 4.78 is 10.1. The highest BCUT2D eigenvalue weighted by Crippen LogP contribution is 2.30. The summed E-state index contributed by atoms with van der Waals surface area (Å²) in [6.07, 6.45) is -0.117. The summed E-state index contributed by atoms with van der Waals surface area (Å²) >= 11 is 0. The predicted molar refractivity (Wildman–Crippen MR) is 159 cm³/mol. The van der Waals surface area contributed by atoms with E-state index in [-0.39, 0.29) is 0 Å². The molecular formula is C31H30N8O3. The van der Waals surface area contributed by atoms with Crippen LogP contribution in [0.4, 0.5) is 0 Å². The zero-order valence-electron chi connectivity index (χ0n) is 23.6. The molecule has 0 amide bonds. The fourth-order valence-corrected chi connectivity index (χ4v) is 5.25. The Morgan fingerprint density at radius 3 is 2.29 bits per heavy atom. The van der Waals surface area contributed by atoms with Crippen molar-refractivity contribution >= 4 is 11.2 Å². The van der Waals surface area contributed by atoms with Crippen LogP contribution in [0.3, 0.4) is 0 Å². The zero-order valence-corrected chi connectivity index (χ0v) is 23.6. The largest absolute Gasteiger partial charge is 0.361 e. The fraction of sp³-hybridized carbons (Fsp3) is 0.226. The number of hydrogen-bond acceptors (Lipinski definition) is 7. The SMILES string of the molecule is COC(C)n1c(=O)c2c(nc(C)n2Cc2ccc(-c3ccccc3-c3nn[nH]n3)cc2)n(CCc2ccccc2)c1=O. The lowest BCUT2D eigenvalue weighted by atomic mass is 9.98. The minimum Gasteiger partial charge on any atom is -0.361 e. The standard InChI is InChI=1S/C31H30N8O3/c1-20-32-29-27(30(40)39(21(2)42-3)31(41)37(29)18-17-22-9-5-4-6-10-22)38(20)19-23-13-15-24(16-14-23)25-11-7-8-12-26(25)28-33-35-36-34-28/h4-16,21H,17-19H2,1-3H3,(H,33,34,35,36). The number of H-pyrrole nitrogens is 1. The number of tetrazole rings is 1. The number of benzene rings is 3. The van der Waals surface area contributed by atoms with E-state index in [4.69, 9.17) is 9.72 Å². The number of rotatable bonds is 9. The molecule has 3 aromatic carbocycles. The van der Waals surface area contributed by atoms with Gasteiger partial charge in [0, 0.05) is 25.8 Å². The van der Waals surface area contributed by atoms with Crippen molar-refractivity contribution in [3.8, 4) is 22.5 Å². The van der Waals surface area contributed by atoms with E-state index in [9.17, 15) is 9.59 Å². The molecule has 1 unspecified atom stereocenters. The molecule has 3 aromatic heterocycles. The maximum Gasteiger partial charge on any atom is 0.334 e. The molecule has 0 radical (unpaired) electrons. The number of aryl methyl sites for hydroxylation is 3. The maximum atomic E-state index is 13.8. The van der Waals surface area contributed by atoms with Gasteiger partial charge < -0.3 is 9.30 Å². The highest BCUT2D eigenvalue weighted by atomic mass is 16.5. The first-order valence-electron chi connectivity index (χ1n) is 13.7. The van der Waals surface area contributed by atoms with Crippen molar-refractivity contribution < 1.29 is 4.74 Å². The Kier molecular flexibility index (Phi) is 7.32. The Labute approximate surface area is 241 Å². The van der Waals surface area contributed by atoms with Crippen molar-refractivity contribution in [2.75, 3.05) is 7.11 Å². The molecule has 0 aliphatic carbocycles. The smallest absolute Gasteiger partial charge is 0.334 e. The van der Waals surface area contributed by atoms with Gasteiger partial charge in [-0.2, -0.15) is 5.21 Å². The first-order valence-corrected chi connectivity index (χ1v) is 13.7. The van der Waals surface area contributed by atoms with Crippen LogP contribution in [0.1, 0.15) is 30.1 Å². The van der Waals surface area contributed by atoms with Crippen molar-refractivity contribution in [2.45, 2.75) is 39.6 Å². The van der Waals surface area contributed by atoms with E-state index < -0.39 is 17.5 Å². The van der Waals surface area contributed by atoms with E-state index in [0.29, 0.717) is 42.3 Å². The Hall–Kier alpha value is -5.16. The summed E-state index contributed by atoms with van der Waals surface area (Å²) in [4.78, 5) is 32.1. The summed E-state index contributed by atoms with van der Waals surface area (Å²) in [7, 11) is 1.48. The van der Waals surface area contributed by atoms with Gasteiger partial charge >= 0.3 is 5.69 Å². The molecule has 0 spiro atoms. The molecule has 0 saturated heterocycles. The molecule has 6 rings (SSSR count). The van der Waals surface area contributed by atoms with Crippen LogP contribution in [0, 0.1) is 6.92 Å². The molecule has 11 heteroatoms. The van der Waals surface area contributed by atoms with E-state index in [1.807, 2.05) is 90.4 Å². The first kappa shape index (κ1) is 27.0. The van der Waals surface area contributed by atoms with Crippen molar-refractivity contribution in [1.29, 1.82) is 0 Å². The van der Waals surface area contributed by atoms with E-state index in [2.05, 4.69) is 20.6 Å². The second kappa shape index (κ2) is 11.4. The number of aromatic amines is 1. The van der Waals surface area contributed by atoms with Crippen LogP contribution < -0.4 is 11.2 Å². The number of ether oxygens (including phenoxy) is 1. The number of hydrogen-bond donors (Lipinski definition) is 1. The minimum absolute atomic E-state index is 0.371. The Morgan fingerprint density at radius 1 is 0.881 bits per heavy atom. The lowest BCUT2D eigenvalue weighted by Gasteiger charge is -2.17. The Balaban J connectivity index is 1.39. The lowest BCUT2D eigenvalue weighted by Crippen LogP contribution is -2.43. The third-order valence-corrected chi connectivity index (χ3v) is 7.54. The summed E-state index contributed by atoms with van der Waals surface area (Å²) in [5, 5.41) is 14.5. The summed E-state index contributed by atoms with van der Waals surface area (Å²) in [6, 6.07) is 25.9. The molecule has 42 heavy (non-hydrogen) atoms. The molecule has 0 fully saturated rings. The van der Waals surface area contributed by atoms with E-state index in [0.717, 1.165) is 27.8 Å². The summed E-state index contributed by atoms with van der Waals surface area (Å²) in [5.41, 5.74) is 4.80. The highest BCUT2D eigenvalue weighted by Gasteiger charge is 2.23. The van der Waals surface area contributed by atoms with Gasteiger partial charge in [0.1, 0.15) is 12.1 Å². The van der Waals surface area contributed by atoms with E-state index >= 15 is 0 Å². The van der Waals surface area contributed by atoms with Crippen LogP contribution in [0.25, 0.3) is 33.7 Å². The predicted octanol–water partition coefficient (Wildman–Crippen LogP) is 3.97. The van der Waals surface area contributed by atoms with Gasteiger partial charge in [-0.25, -0.2) is 14.3 Å². The number of nitrogens with one attached hydrogen (secondary N) is 1. The van der Waals surface area contributed by atoms with Crippen molar-refractivity contribution in [1.82, 2.24) is 39.3 Å². The monoisotopic (exact) mass is 562 g/mol. The Bertz CT molecular complexity index is 1960. The van der Waals surface area contributed by atoms with Gasteiger partial charge in [0.2, 0.25) is 5.82 Å². The Morgan fingerprint density at radius 2 is 1.60 bits per heavy atom. The molecule has 0 aliphatic heterocycles. The van der Waals surface area contributed by atoms with Gasteiger partial charge in [-0.05, 0) is 47.7 Å². The van der Waals surface area contributed by atoms with Crippen LogP contribution in [-0.4, -0.2) is 46.4 Å². The zero-order chi connectivity index (χ0) is 29.2. The van der Waals surface area contributed by atoms with Crippen LogP contribution in [0.5, 0.6) is 0 Å². The number of nitrogens with zero attached hydrogens (tertiary/aromatic N) is 7. The second-order valence-electron chi connectivity index (χ2n) is 10.1. The van der Waals surface area contributed by atoms with Gasteiger partial charge in [0.15, 0.2) is 11.2 Å². The molecule has 6 aromatic rings. The second-order valence-corrected chi connectivity index (χ2v) is 10.1. The van der Waals surface area contributed by atoms with Crippen molar-refractivity contribution in [2.24, 2.45) is 0 Å². The van der Waals surface area contributed by atoms with Gasteiger partial charge in [-0.3, -0.25) is 9.36 Å². The number of fused-ring (bicyclic) bond motifs is 1. The third kappa shape index (κ3) is 4.94.